The van der Waals surface area contributed by atoms with Gasteiger partial charge in [0.05, 0.1) is 11.5 Å². The molecule has 1 nitrogen and oxygen atoms in total. The van der Waals surface area contributed by atoms with E-state index in [9.17, 15) is 0 Å². The molecule has 16 heavy (non-hydrogen) atoms. The van der Waals surface area contributed by atoms with Crippen molar-refractivity contribution < 1.29 is 2.85 Å². The summed E-state index contributed by atoms with van der Waals surface area (Å²) in [7, 11) is 0. The molecule has 0 unspecified atom stereocenters. The molecule has 2 saturated carbocycles. The predicted molar refractivity (Wildman–Crippen MR) is 71.0 cm³/mol. The van der Waals surface area contributed by atoms with Crippen LogP contribution in [-0.2, 0) is 0 Å². The van der Waals surface area contributed by atoms with E-state index in [2.05, 4.69) is 19.9 Å². The van der Waals surface area contributed by atoms with Gasteiger partial charge in [-0.2, -0.15) is 5.26 Å². The molecule has 0 bridgehead atoms. The maximum absolute atomic E-state index is 9.13. The molecule has 0 aliphatic heterocycles. The highest BCUT2D eigenvalue weighted by atomic mass is 14.4. The Balaban J connectivity index is 0.00000144. The summed E-state index contributed by atoms with van der Waals surface area (Å²) < 4.78 is 0. The molecule has 2 fully saturated rings. The highest BCUT2D eigenvalue weighted by Crippen LogP contribution is 2.44. The first-order valence-corrected chi connectivity index (χ1v) is 7.04. The second-order valence-electron chi connectivity index (χ2n) is 6.53. The summed E-state index contributed by atoms with van der Waals surface area (Å²) in [5.74, 6) is 2.89. The van der Waals surface area contributed by atoms with Crippen molar-refractivity contribution in [2.45, 2.75) is 65.2 Å². The van der Waals surface area contributed by atoms with Crippen molar-refractivity contribution in [3.05, 3.63) is 0 Å². The van der Waals surface area contributed by atoms with Gasteiger partial charge in [-0.1, -0.05) is 19.8 Å². The van der Waals surface area contributed by atoms with Crippen LogP contribution in [0.15, 0.2) is 0 Å². The zero-order chi connectivity index (χ0) is 11.6. The van der Waals surface area contributed by atoms with Crippen LogP contribution in [0.25, 0.3) is 0 Å². The Bertz CT molecular complexity index is 269. The molecule has 2 aliphatic rings. The Morgan fingerprint density at radius 2 is 1.50 bits per heavy atom. The molecule has 2 rings (SSSR count). The average molecular weight is 223 g/mol. The van der Waals surface area contributed by atoms with E-state index < -0.39 is 0 Å². The highest BCUT2D eigenvalue weighted by Gasteiger charge is 2.35. The molecule has 94 valence electrons. The summed E-state index contributed by atoms with van der Waals surface area (Å²) in [5, 5.41) is 9.13. The van der Waals surface area contributed by atoms with E-state index in [1.807, 2.05) is 0 Å². The Kier molecular flexibility index (Phi) is 3.57. The van der Waals surface area contributed by atoms with Gasteiger partial charge in [-0.05, 0) is 63.2 Å². The molecule has 0 aromatic rings. The normalized spacial score (nSPS) is 44.9. The van der Waals surface area contributed by atoms with Crippen LogP contribution in [0.3, 0.4) is 0 Å². The molecule has 0 heterocycles. The molecule has 0 spiro atoms. The van der Waals surface area contributed by atoms with Gasteiger partial charge in [0, 0.05) is 2.85 Å². The summed E-state index contributed by atoms with van der Waals surface area (Å²) in [4.78, 5) is 0. The van der Waals surface area contributed by atoms with Gasteiger partial charge in [-0.25, -0.2) is 0 Å². The molecular weight excluding hydrogens is 194 g/mol. The Hall–Kier alpha value is -0.510. The standard InChI is InChI=1S/C15H25N.2H2/c1-12-3-5-13(6-4-12)14-7-9-15(2,11-16)10-8-14;;/h12-14H,3-10H2,1-2H3;2*1H. The van der Waals surface area contributed by atoms with Gasteiger partial charge in [0.15, 0.2) is 0 Å². The van der Waals surface area contributed by atoms with E-state index in [1.165, 1.54) is 38.5 Å². The fourth-order valence-corrected chi connectivity index (χ4v) is 3.62. The first-order chi connectivity index (χ1) is 7.63. The average Bonchev–Trinajstić information content (AvgIpc) is 2.32. The minimum absolute atomic E-state index is 0. The quantitative estimate of drug-likeness (QED) is 0.612. The molecule has 0 atom stereocenters. The number of hydrogen-bond acceptors (Lipinski definition) is 1. The molecule has 1 heteroatoms. The number of nitrogens with zero attached hydrogens (tertiary/aromatic N) is 1. The van der Waals surface area contributed by atoms with Crippen molar-refractivity contribution >= 4 is 0 Å². The van der Waals surface area contributed by atoms with Gasteiger partial charge in [0.25, 0.3) is 0 Å². The monoisotopic (exact) mass is 223 g/mol. The topological polar surface area (TPSA) is 23.8 Å². The molecule has 0 aromatic carbocycles. The highest BCUT2D eigenvalue weighted by molar-refractivity contribution is 4.99. The largest absolute Gasteiger partial charge is 0.198 e. The van der Waals surface area contributed by atoms with Crippen LogP contribution in [0.4, 0.5) is 0 Å². The Morgan fingerprint density at radius 3 is 2.00 bits per heavy atom. The predicted octanol–water partition coefficient (Wildman–Crippen LogP) is 5.02. The van der Waals surface area contributed by atoms with E-state index in [4.69, 9.17) is 5.26 Å². The summed E-state index contributed by atoms with van der Waals surface area (Å²) in [6.07, 6.45) is 10.7. The summed E-state index contributed by atoms with van der Waals surface area (Å²) in [5.41, 5.74) is -0.00153. The first kappa shape index (κ1) is 12.0. The van der Waals surface area contributed by atoms with Crippen molar-refractivity contribution in [3.8, 4) is 6.07 Å². The summed E-state index contributed by atoms with van der Waals surface area (Å²) in [6.45, 7) is 4.54. The Morgan fingerprint density at radius 1 is 1.00 bits per heavy atom. The lowest BCUT2D eigenvalue weighted by atomic mass is 9.66. The molecular formula is C15H29N. The van der Waals surface area contributed by atoms with Gasteiger partial charge >= 0.3 is 0 Å². The fraction of sp³-hybridized carbons (Fsp3) is 0.933. The van der Waals surface area contributed by atoms with Crippen LogP contribution in [-0.4, -0.2) is 0 Å². The molecule has 0 amide bonds. The number of rotatable bonds is 1. The first-order valence-electron chi connectivity index (χ1n) is 7.04. The van der Waals surface area contributed by atoms with Gasteiger partial charge in [0.1, 0.15) is 0 Å². The summed E-state index contributed by atoms with van der Waals surface area (Å²) in [6, 6.07) is 2.51. The third-order valence-corrected chi connectivity index (χ3v) is 5.13. The Labute approximate surface area is 103 Å². The van der Waals surface area contributed by atoms with E-state index in [0.717, 1.165) is 30.6 Å². The van der Waals surface area contributed by atoms with Crippen LogP contribution in [0.5, 0.6) is 0 Å². The lowest BCUT2D eigenvalue weighted by molar-refractivity contribution is 0.133. The molecule has 0 N–H and O–H groups in total. The van der Waals surface area contributed by atoms with Crippen LogP contribution in [0.2, 0.25) is 0 Å². The minimum atomic E-state index is -0.00153. The minimum Gasteiger partial charge on any atom is -0.198 e. The van der Waals surface area contributed by atoms with Crippen molar-refractivity contribution in [3.63, 3.8) is 0 Å². The third-order valence-electron chi connectivity index (χ3n) is 5.13. The maximum atomic E-state index is 9.13. The zero-order valence-electron chi connectivity index (χ0n) is 10.8. The van der Waals surface area contributed by atoms with Crippen molar-refractivity contribution in [1.29, 1.82) is 5.26 Å². The third kappa shape index (κ3) is 2.59. The van der Waals surface area contributed by atoms with Crippen molar-refractivity contribution in [1.82, 2.24) is 0 Å². The van der Waals surface area contributed by atoms with Gasteiger partial charge in [-0.3, -0.25) is 0 Å². The van der Waals surface area contributed by atoms with E-state index in [-0.39, 0.29) is 8.27 Å². The lowest BCUT2D eigenvalue weighted by Crippen LogP contribution is -2.29. The second kappa shape index (κ2) is 4.78. The van der Waals surface area contributed by atoms with Crippen molar-refractivity contribution in [2.75, 3.05) is 0 Å². The van der Waals surface area contributed by atoms with Gasteiger partial charge < -0.3 is 0 Å². The zero-order valence-corrected chi connectivity index (χ0v) is 10.8. The fourth-order valence-electron chi connectivity index (χ4n) is 3.62. The second-order valence-corrected chi connectivity index (χ2v) is 6.53. The van der Waals surface area contributed by atoms with Crippen LogP contribution in [0, 0.1) is 34.5 Å². The molecule has 0 radical (unpaired) electrons. The molecule has 2 aliphatic carbocycles. The molecule has 0 saturated heterocycles. The van der Waals surface area contributed by atoms with Gasteiger partial charge in [0.2, 0.25) is 0 Å². The lowest BCUT2D eigenvalue weighted by Gasteiger charge is -2.39. The molecule has 0 aromatic heterocycles. The van der Waals surface area contributed by atoms with Crippen LogP contribution >= 0.6 is 0 Å². The number of nitriles is 1. The van der Waals surface area contributed by atoms with E-state index >= 15 is 0 Å². The van der Waals surface area contributed by atoms with Gasteiger partial charge in [-0.15, -0.1) is 0 Å². The smallest absolute Gasteiger partial charge is 0.0686 e. The van der Waals surface area contributed by atoms with Crippen LogP contribution < -0.4 is 0 Å². The van der Waals surface area contributed by atoms with Crippen molar-refractivity contribution in [2.24, 2.45) is 23.2 Å². The number of hydrogen-bond donors (Lipinski definition) is 0. The summed E-state index contributed by atoms with van der Waals surface area (Å²) >= 11 is 0. The SMILES string of the molecule is CC1CCC(C2CCC(C)(C#N)CC2)CC1.[HH].[HH]. The van der Waals surface area contributed by atoms with E-state index in [0.29, 0.717) is 0 Å². The van der Waals surface area contributed by atoms with E-state index in [1.54, 1.807) is 0 Å². The van der Waals surface area contributed by atoms with Crippen LogP contribution in [0.1, 0.15) is 68.1 Å². The maximum Gasteiger partial charge on any atom is 0.0686 e.